The molecule has 2 aromatic carbocycles. The Balaban J connectivity index is 1.81. The van der Waals surface area contributed by atoms with Crippen LogP contribution in [0, 0.1) is 11.3 Å². The molecule has 0 amide bonds. The molecule has 0 spiro atoms. The fourth-order valence-electron chi connectivity index (χ4n) is 3.34. The van der Waals surface area contributed by atoms with Crippen LogP contribution in [0.15, 0.2) is 54.7 Å². The van der Waals surface area contributed by atoms with E-state index in [0.717, 1.165) is 34.8 Å². The summed E-state index contributed by atoms with van der Waals surface area (Å²) in [6.07, 6.45) is 2.38. The molecule has 0 saturated carbocycles. The van der Waals surface area contributed by atoms with Gasteiger partial charge >= 0.3 is 0 Å². The van der Waals surface area contributed by atoms with Crippen LogP contribution in [-0.4, -0.2) is 9.97 Å². The second kappa shape index (κ2) is 8.63. The number of nitriles is 1. The normalized spacial score (nSPS) is 12.3. The molecule has 0 aliphatic heterocycles. The van der Waals surface area contributed by atoms with Gasteiger partial charge < -0.3 is 4.74 Å². The number of aromatic nitrogens is 2. The zero-order valence-corrected chi connectivity index (χ0v) is 17.9. The Hall–Kier alpha value is -2.90. The predicted octanol–water partition coefficient (Wildman–Crippen LogP) is 6.03. The first-order valence-electron chi connectivity index (χ1n) is 9.64. The number of aryl methyl sites for hydroxylation is 1. The maximum absolute atomic E-state index is 9.50. The number of hydrogen-bond donors (Lipinski definition) is 0. The Bertz CT molecular complexity index is 1040. The Morgan fingerprint density at radius 2 is 1.86 bits per heavy atom. The van der Waals surface area contributed by atoms with Gasteiger partial charge in [0.05, 0.1) is 17.3 Å². The third-order valence-electron chi connectivity index (χ3n) is 5.12. The van der Waals surface area contributed by atoms with Crippen LogP contribution in [-0.2, 0) is 11.8 Å². The third-order valence-corrected chi connectivity index (χ3v) is 5.36. The largest absolute Gasteiger partial charge is 0.484 e. The predicted molar refractivity (Wildman–Crippen MR) is 115 cm³/mol. The summed E-state index contributed by atoms with van der Waals surface area (Å²) in [5.41, 5.74) is 3.14. The van der Waals surface area contributed by atoms with E-state index in [0.29, 0.717) is 10.6 Å². The molecule has 3 rings (SSSR count). The first-order chi connectivity index (χ1) is 13.8. The fourth-order valence-corrected chi connectivity index (χ4v) is 3.51. The van der Waals surface area contributed by atoms with E-state index >= 15 is 0 Å². The first kappa shape index (κ1) is 20.8. The van der Waals surface area contributed by atoms with Gasteiger partial charge in [-0.25, -0.2) is 9.97 Å². The van der Waals surface area contributed by atoms with E-state index in [1.807, 2.05) is 56.3 Å². The van der Waals surface area contributed by atoms with Crippen LogP contribution < -0.4 is 4.74 Å². The van der Waals surface area contributed by atoms with Crippen LogP contribution in [0.25, 0.3) is 0 Å². The van der Waals surface area contributed by atoms with Gasteiger partial charge in [0.1, 0.15) is 17.7 Å². The SMILES string of the molecule is CCc1nccc(C(C)Oc2ccc(C(C)(C)c3ccc(Cl)cc3C#N)cc2)n1. The molecule has 0 N–H and O–H groups in total. The van der Waals surface area contributed by atoms with Gasteiger partial charge in [-0.15, -0.1) is 0 Å². The van der Waals surface area contributed by atoms with Crippen LogP contribution in [0.5, 0.6) is 5.75 Å². The Labute approximate surface area is 177 Å². The van der Waals surface area contributed by atoms with Crippen molar-refractivity contribution in [2.45, 2.75) is 45.6 Å². The van der Waals surface area contributed by atoms with E-state index in [1.165, 1.54) is 0 Å². The minimum absolute atomic E-state index is 0.177. The van der Waals surface area contributed by atoms with Crippen molar-refractivity contribution in [3.05, 3.63) is 88.0 Å². The summed E-state index contributed by atoms with van der Waals surface area (Å²) in [6, 6.07) is 17.6. The van der Waals surface area contributed by atoms with Crippen molar-refractivity contribution in [1.82, 2.24) is 9.97 Å². The fraction of sp³-hybridized carbons (Fsp3) is 0.292. The molecule has 0 radical (unpaired) electrons. The van der Waals surface area contributed by atoms with Gasteiger partial charge in [0, 0.05) is 23.1 Å². The molecule has 1 aromatic heterocycles. The summed E-state index contributed by atoms with van der Waals surface area (Å²) >= 11 is 6.05. The van der Waals surface area contributed by atoms with E-state index in [2.05, 4.69) is 29.9 Å². The average molecular weight is 406 g/mol. The lowest BCUT2D eigenvalue weighted by Crippen LogP contribution is -2.20. The van der Waals surface area contributed by atoms with Crippen molar-refractivity contribution < 1.29 is 4.74 Å². The molecule has 0 aliphatic carbocycles. The van der Waals surface area contributed by atoms with Crippen LogP contribution in [0.2, 0.25) is 5.02 Å². The second-order valence-electron chi connectivity index (χ2n) is 7.46. The maximum Gasteiger partial charge on any atom is 0.138 e. The summed E-state index contributed by atoms with van der Waals surface area (Å²) in [5, 5.41) is 10.1. The van der Waals surface area contributed by atoms with E-state index in [9.17, 15) is 5.26 Å². The minimum Gasteiger partial charge on any atom is -0.484 e. The second-order valence-corrected chi connectivity index (χ2v) is 7.90. The Kier molecular flexibility index (Phi) is 6.20. The van der Waals surface area contributed by atoms with Crippen molar-refractivity contribution in [3.8, 4) is 11.8 Å². The maximum atomic E-state index is 9.50. The topological polar surface area (TPSA) is 58.8 Å². The van der Waals surface area contributed by atoms with Gasteiger partial charge in [0.15, 0.2) is 0 Å². The summed E-state index contributed by atoms with van der Waals surface area (Å²) in [5.74, 6) is 1.58. The zero-order valence-electron chi connectivity index (χ0n) is 17.1. The third kappa shape index (κ3) is 4.58. The van der Waals surface area contributed by atoms with Crippen LogP contribution in [0.3, 0.4) is 0 Å². The van der Waals surface area contributed by atoms with Crippen LogP contribution >= 0.6 is 11.6 Å². The Morgan fingerprint density at radius 1 is 1.14 bits per heavy atom. The molecule has 4 nitrogen and oxygen atoms in total. The first-order valence-corrected chi connectivity index (χ1v) is 10.0. The molecule has 1 unspecified atom stereocenters. The molecule has 5 heteroatoms. The highest BCUT2D eigenvalue weighted by molar-refractivity contribution is 6.30. The van der Waals surface area contributed by atoms with E-state index in [4.69, 9.17) is 16.3 Å². The minimum atomic E-state index is -0.345. The Morgan fingerprint density at radius 3 is 2.52 bits per heavy atom. The summed E-state index contributed by atoms with van der Waals surface area (Å²) in [7, 11) is 0. The van der Waals surface area contributed by atoms with E-state index in [1.54, 1.807) is 12.3 Å². The van der Waals surface area contributed by atoms with Crippen molar-refractivity contribution in [2.75, 3.05) is 0 Å². The molecule has 1 atom stereocenters. The van der Waals surface area contributed by atoms with Gasteiger partial charge in [-0.1, -0.05) is 50.6 Å². The summed E-state index contributed by atoms with van der Waals surface area (Å²) in [6.45, 7) is 8.21. The molecule has 0 bridgehead atoms. The lowest BCUT2D eigenvalue weighted by molar-refractivity contribution is 0.221. The molecule has 3 aromatic rings. The van der Waals surface area contributed by atoms with E-state index in [-0.39, 0.29) is 11.5 Å². The van der Waals surface area contributed by atoms with Gasteiger partial charge in [-0.05, 0) is 48.4 Å². The number of rotatable bonds is 6. The van der Waals surface area contributed by atoms with Crippen molar-refractivity contribution in [3.63, 3.8) is 0 Å². The van der Waals surface area contributed by atoms with E-state index < -0.39 is 0 Å². The number of nitrogens with zero attached hydrogens (tertiary/aromatic N) is 3. The summed E-state index contributed by atoms with van der Waals surface area (Å²) in [4.78, 5) is 8.77. The molecule has 29 heavy (non-hydrogen) atoms. The number of ether oxygens (including phenoxy) is 1. The van der Waals surface area contributed by atoms with Crippen LogP contribution in [0.1, 0.15) is 62.0 Å². The van der Waals surface area contributed by atoms with Crippen molar-refractivity contribution in [2.24, 2.45) is 0 Å². The molecule has 148 valence electrons. The highest BCUT2D eigenvalue weighted by Crippen LogP contribution is 2.35. The molecular weight excluding hydrogens is 382 g/mol. The van der Waals surface area contributed by atoms with Gasteiger partial charge in [0.2, 0.25) is 0 Å². The quantitative estimate of drug-likeness (QED) is 0.502. The van der Waals surface area contributed by atoms with Crippen molar-refractivity contribution in [1.29, 1.82) is 5.26 Å². The van der Waals surface area contributed by atoms with Crippen molar-refractivity contribution >= 4 is 11.6 Å². The molecule has 0 saturated heterocycles. The number of benzene rings is 2. The van der Waals surface area contributed by atoms with Gasteiger partial charge in [-0.3, -0.25) is 0 Å². The summed E-state index contributed by atoms with van der Waals surface area (Å²) < 4.78 is 6.07. The standard InChI is InChI=1S/C24H24ClN3O/c1-5-23-27-13-12-22(28-23)16(2)29-20-9-6-18(7-10-20)24(3,4)21-11-8-19(25)14-17(21)15-26/h6-14,16H,5H2,1-4H3. The number of hydrogen-bond acceptors (Lipinski definition) is 4. The lowest BCUT2D eigenvalue weighted by Gasteiger charge is -2.27. The molecule has 0 aliphatic rings. The van der Waals surface area contributed by atoms with Gasteiger partial charge in [-0.2, -0.15) is 5.26 Å². The number of halogens is 1. The molecule has 1 heterocycles. The highest BCUT2D eigenvalue weighted by atomic mass is 35.5. The monoisotopic (exact) mass is 405 g/mol. The lowest BCUT2D eigenvalue weighted by atomic mass is 9.76. The highest BCUT2D eigenvalue weighted by Gasteiger charge is 2.26. The smallest absolute Gasteiger partial charge is 0.138 e. The average Bonchev–Trinajstić information content (AvgIpc) is 2.73. The zero-order chi connectivity index (χ0) is 21.0. The van der Waals surface area contributed by atoms with Crippen LogP contribution in [0.4, 0.5) is 0 Å². The molecular formula is C24H24ClN3O. The molecule has 0 fully saturated rings. The van der Waals surface area contributed by atoms with Gasteiger partial charge in [0.25, 0.3) is 0 Å².